The lowest BCUT2D eigenvalue weighted by Crippen LogP contribution is -2.05. The van der Waals surface area contributed by atoms with Crippen molar-refractivity contribution in [1.29, 1.82) is 0 Å². The third kappa shape index (κ3) is 2.70. The van der Waals surface area contributed by atoms with E-state index in [0.717, 1.165) is 12.1 Å². The predicted molar refractivity (Wildman–Crippen MR) is 66.0 cm³/mol. The fourth-order valence-electron chi connectivity index (χ4n) is 1.90. The molecule has 0 fully saturated rings. The van der Waals surface area contributed by atoms with Gasteiger partial charge in [0.2, 0.25) is 0 Å². The summed E-state index contributed by atoms with van der Waals surface area (Å²) in [5.74, 6) is -0.483. The number of nitrogen functional groups attached to an aromatic ring is 1. The number of anilines is 1. The maximum absolute atomic E-state index is 13.2. The van der Waals surface area contributed by atoms with Crippen LogP contribution >= 0.6 is 0 Å². The van der Waals surface area contributed by atoms with Crippen LogP contribution in [0.3, 0.4) is 0 Å². The zero-order valence-electron chi connectivity index (χ0n) is 10.1. The monoisotopic (exact) mass is 269 g/mol. The molecule has 0 unspecified atom stereocenters. The van der Waals surface area contributed by atoms with Gasteiger partial charge in [0.15, 0.2) is 0 Å². The highest BCUT2D eigenvalue weighted by molar-refractivity contribution is 5.78. The zero-order valence-corrected chi connectivity index (χ0v) is 10.1. The van der Waals surface area contributed by atoms with Crippen LogP contribution in [0, 0.1) is 12.7 Å². The van der Waals surface area contributed by atoms with Crippen LogP contribution in [0.5, 0.6) is 0 Å². The smallest absolute Gasteiger partial charge is 0.398 e. The molecule has 0 bridgehead atoms. The summed E-state index contributed by atoms with van der Waals surface area (Å²) in [5, 5.41) is 0. The molecule has 0 radical (unpaired) electrons. The van der Waals surface area contributed by atoms with E-state index in [4.69, 9.17) is 5.73 Å². The van der Waals surface area contributed by atoms with Crippen LogP contribution in [0.25, 0.3) is 11.1 Å². The van der Waals surface area contributed by atoms with Gasteiger partial charge in [0, 0.05) is 11.3 Å². The van der Waals surface area contributed by atoms with Crippen molar-refractivity contribution < 1.29 is 17.6 Å². The lowest BCUT2D eigenvalue weighted by atomic mass is 9.97. The predicted octanol–water partition coefficient (Wildman–Crippen LogP) is 4.40. The molecule has 100 valence electrons. The first-order valence-electron chi connectivity index (χ1n) is 5.52. The molecule has 0 saturated carbocycles. The lowest BCUT2D eigenvalue weighted by molar-refractivity contribution is -0.137. The highest BCUT2D eigenvalue weighted by Crippen LogP contribution is 2.35. The molecule has 0 spiro atoms. The molecular weight excluding hydrogens is 258 g/mol. The van der Waals surface area contributed by atoms with Gasteiger partial charge in [-0.2, -0.15) is 13.2 Å². The van der Waals surface area contributed by atoms with Gasteiger partial charge in [0.05, 0.1) is 5.56 Å². The Morgan fingerprint density at radius 1 is 0.947 bits per heavy atom. The minimum absolute atomic E-state index is 0.323. The second-order valence-corrected chi connectivity index (χ2v) is 4.26. The number of rotatable bonds is 1. The van der Waals surface area contributed by atoms with Crippen molar-refractivity contribution in [2.45, 2.75) is 13.1 Å². The molecule has 1 nitrogen and oxygen atoms in total. The summed E-state index contributed by atoms with van der Waals surface area (Å²) < 4.78 is 50.9. The Balaban J connectivity index is 2.55. The Morgan fingerprint density at radius 2 is 1.63 bits per heavy atom. The Morgan fingerprint density at radius 3 is 2.21 bits per heavy atom. The molecule has 5 heteroatoms. The fraction of sp³-hybridized carbons (Fsp3) is 0.143. The third-order valence-electron chi connectivity index (χ3n) is 2.86. The summed E-state index contributed by atoms with van der Waals surface area (Å²) in [5.41, 5.74) is 6.60. The molecule has 2 aromatic rings. The Kier molecular flexibility index (Phi) is 3.22. The van der Waals surface area contributed by atoms with Gasteiger partial charge in [-0.15, -0.1) is 0 Å². The van der Waals surface area contributed by atoms with Crippen molar-refractivity contribution in [3.63, 3.8) is 0 Å². The summed E-state index contributed by atoms with van der Waals surface area (Å²) >= 11 is 0. The summed E-state index contributed by atoms with van der Waals surface area (Å²) in [6.45, 7) is 1.54. The quantitative estimate of drug-likeness (QED) is 0.602. The van der Waals surface area contributed by atoms with E-state index in [1.54, 1.807) is 0 Å². The first-order valence-corrected chi connectivity index (χ1v) is 5.52. The first-order chi connectivity index (χ1) is 8.79. The van der Waals surface area contributed by atoms with E-state index in [1.807, 2.05) is 0 Å². The molecule has 0 heterocycles. The molecular formula is C14H11F4N. The number of aryl methyl sites for hydroxylation is 1. The van der Waals surface area contributed by atoms with Crippen LogP contribution in [0.4, 0.5) is 23.2 Å². The molecule has 2 N–H and O–H groups in total. The number of benzene rings is 2. The Hall–Kier alpha value is -2.04. The highest BCUT2D eigenvalue weighted by Gasteiger charge is 2.30. The summed E-state index contributed by atoms with van der Waals surface area (Å²) in [7, 11) is 0. The molecule has 2 rings (SSSR count). The molecule has 0 aliphatic rings. The van der Waals surface area contributed by atoms with Crippen molar-refractivity contribution in [3.05, 3.63) is 53.3 Å². The third-order valence-corrected chi connectivity index (χ3v) is 2.86. The Bertz CT molecular complexity index is 617. The molecule has 2 aromatic carbocycles. The van der Waals surface area contributed by atoms with E-state index >= 15 is 0 Å². The van der Waals surface area contributed by atoms with Gasteiger partial charge in [-0.25, -0.2) is 4.39 Å². The van der Waals surface area contributed by atoms with E-state index in [2.05, 4.69) is 0 Å². The van der Waals surface area contributed by atoms with Crippen LogP contribution < -0.4 is 5.73 Å². The Labute approximate surface area is 107 Å². The van der Waals surface area contributed by atoms with Gasteiger partial charge >= 0.3 is 6.18 Å². The van der Waals surface area contributed by atoms with Crippen molar-refractivity contribution in [3.8, 4) is 11.1 Å². The molecule has 0 saturated heterocycles. The second kappa shape index (κ2) is 4.57. The van der Waals surface area contributed by atoms with E-state index in [9.17, 15) is 17.6 Å². The van der Waals surface area contributed by atoms with E-state index in [-0.39, 0.29) is 0 Å². The average molecular weight is 269 g/mol. The standard InChI is InChI=1S/C14H11F4N/c1-8-6-9(14(16,17)18)2-4-11(8)12-7-10(15)3-5-13(12)19/h2-7H,19H2,1H3. The van der Waals surface area contributed by atoms with E-state index in [0.29, 0.717) is 22.4 Å². The van der Waals surface area contributed by atoms with E-state index < -0.39 is 17.6 Å². The maximum atomic E-state index is 13.2. The number of hydrogen-bond donors (Lipinski definition) is 1. The number of nitrogens with two attached hydrogens (primary N) is 1. The minimum Gasteiger partial charge on any atom is -0.398 e. The van der Waals surface area contributed by atoms with Crippen LogP contribution in [-0.2, 0) is 6.18 Å². The SMILES string of the molecule is Cc1cc(C(F)(F)F)ccc1-c1cc(F)ccc1N. The van der Waals surface area contributed by atoms with Gasteiger partial charge in [0.25, 0.3) is 0 Å². The van der Waals surface area contributed by atoms with Crippen molar-refractivity contribution in [2.75, 3.05) is 5.73 Å². The first kappa shape index (κ1) is 13.4. The maximum Gasteiger partial charge on any atom is 0.416 e. The van der Waals surface area contributed by atoms with Gasteiger partial charge in [0.1, 0.15) is 5.82 Å². The topological polar surface area (TPSA) is 26.0 Å². The minimum atomic E-state index is -4.39. The van der Waals surface area contributed by atoms with Crippen LogP contribution in [-0.4, -0.2) is 0 Å². The second-order valence-electron chi connectivity index (χ2n) is 4.26. The van der Waals surface area contributed by atoms with Crippen LogP contribution in [0.1, 0.15) is 11.1 Å². The average Bonchev–Trinajstić information content (AvgIpc) is 2.31. The van der Waals surface area contributed by atoms with Gasteiger partial charge in [-0.3, -0.25) is 0 Å². The van der Waals surface area contributed by atoms with Crippen LogP contribution in [0.2, 0.25) is 0 Å². The van der Waals surface area contributed by atoms with Gasteiger partial charge < -0.3 is 5.73 Å². The molecule has 0 atom stereocenters. The largest absolute Gasteiger partial charge is 0.416 e. The fourth-order valence-corrected chi connectivity index (χ4v) is 1.90. The molecule has 0 aliphatic heterocycles. The molecule has 0 amide bonds. The lowest BCUT2D eigenvalue weighted by Gasteiger charge is -2.12. The summed E-state index contributed by atoms with van der Waals surface area (Å²) in [4.78, 5) is 0. The molecule has 19 heavy (non-hydrogen) atoms. The van der Waals surface area contributed by atoms with Gasteiger partial charge in [-0.1, -0.05) is 6.07 Å². The summed E-state index contributed by atoms with van der Waals surface area (Å²) in [6, 6.07) is 7.11. The van der Waals surface area contributed by atoms with Crippen molar-refractivity contribution in [1.82, 2.24) is 0 Å². The number of hydrogen-bond acceptors (Lipinski definition) is 1. The van der Waals surface area contributed by atoms with Crippen molar-refractivity contribution in [2.24, 2.45) is 0 Å². The number of halogens is 4. The van der Waals surface area contributed by atoms with Crippen LogP contribution in [0.15, 0.2) is 36.4 Å². The summed E-state index contributed by atoms with van der Waals surface area (Å²) in [6.07, 6.45) is -4.39. The molecule has 0 aliphatic carbocycles. The molecule has 0 aromatic heterocycles. The van der Waals surface area contributed by atoms with E-state index in [1.165, 1.54) is 31.2 Å². The number of alkyl halides is 3. The van der Waals surface area contributed by atoms with Gasteiger partial charge in [-0.05, 0) is 48.4 Å². The normalized spacial score (nSPS) is 11.6. The highest BCUT2D eigenvalue weighted by atomic mass is 19.4. The zero-order chi connectivity index (χ0) is 14.2. The van der Waals surface area contributed by atoms with Crippen molar-refractivity contribution >= 4 is 5.69 Å².